The molecule has 0 saturated heterocycles. The lowest BCUT2D eigenvalue weighted by Crippen LogP contribution is -2.00. The minimum absolute atomic E-state index is 0.489. The number of aromatic nitrogens is 1. The van der Waals surface area contributed by atoms with Crippen LogP contribution < -0.4 is 10.1 Å². The van der Waals surface area contributed by atoms with Crippen LogP contribution in [0.15, 0.2) is 12.3 Å². The Balaban J connectivity index is 2.98. The van der Waals surface area contributed by atoms with Gasteiger partial charge >= 0.3 is 0 Å². The van der Waals surface area contributed by atoms with Crippen LogP contribution in [0.3, 0.4) is 0 Å². The summed E-state index contributed by atoms with van der Waals surface area (Å²) in [4.78, 5) is 4.27. The molecule has 0 bridgehead atoms. The second-order valence-corrected chi connectivity index (χ2v) is 3.90. The Bertz CT molecular complexity index is 302. The third kappa shape index (κ3) is 2.73. The van der Waals surface area contributed by atoms with Crippen LogP contribution in [-0.2, 0) is 0 Å². The molecule has 1 rings (SSSR count). The summed E-state index contributed by atoms with van der Waals surface area (Å²) < 4.78 is 5.99. The van der Waals surface area contributed by atoms with E-state index in [0.717, 1.165) is 5.69 Å². The summed E-state index contributed by atoms with van der Waals surface area (Å²) in [5.74, 6) is 1.16. The molecular weight excluding hydrogens is 291 g/mol. The number of halogens is 1. The molecule has 1 N–H and O–H groups in total. The maximum Gasteiger partial charge on any atom is 0.238 e. The van der Waals surface area contributed by atoms with Crippen LogP contribution in [0.1, 0.15) is 25.3 Å². The number of pyridine rings is 1. The van der Waals surface area contributed by atoms with Crippen molar-refractivity contribution in [2.45, 2.75) is 19.8 Å². The lowest BCUT2D eigenvalue weighted by atomic mass is 10.1. The van der Waals surface area contributed by atoms with Gasteiger partial charge in [0.05, 0.1) is 5.69 Å². The Hall–Kier alpha value is -0.520. The molecule has 0 aliphatic heterocycles. The van der Waals surface area contributed by atoms with Crippen LogP contribution in [-0.4, -0.2) is 16.6 Å². The van der Waals surface area contributed by atoms with Crippen molar-refractivity contribution in [3.63, 3.8) is 0 Å². The molecular formula is C10H15IN2O. The Kier molecular flexibility index (Phi) is 4.44. The van der Waals surface area contributed by atoms with Gasteiger partial charge in [0.15, 0.2) is 0 Å². The van der Waals surface area contributed by atoms with E-state index in [-0.39, 0.29) is 0 Å². The maximum absolute atomic E-state index is 5.38. The fourth-order valence-corrected chi connectivity index (χ4v) is 1.42. The van der Waals surface area contributed by atoms with E-state index in [2.05, 4.69) is 52.8 Å². The molecule has 0 saturated carbocycles. The van der Waals surface area contributed by atoms with Crippen molar-refractivity contribution >= 4 is 28.3 Å². The van der Waals surface area contributed by atoms with Gasteiger partial charge in [-0.2, -0.15) is 0 Å². The SMILES string of the molecule is CNc1cc(C(C)C)cnc1OCI. The highest BCUT2D eigenvalue weighted by Crippen LogP contribution is 2.25. The number of hydrogen-bond donors (Lipinski definition) is 1. The summed E-state index contributed by atoms with van der Waals surface area (Å²) >= 11 is 2.16. The molecule has 4 heteroatoms. The first kappa shape index (κ1) is 11.6. The first-order valence-corrected chi connectivity index (χ1v) is 6.08. The summed E-state index contributed by atoms with van der Waals surface area (Å²) in [5, 5.41) is 3.08. The molecule has 0 fully saturated rings. The lowest BCUT2D eigenvalue weighted by Gasteiger charge is -2.11. The zero-order valence-electron chi connectivity index (χ0n) is 8.67. The quantitative estimate of drug-likeness (QED) is 0.686. The van der Waals surface area contributed by atoms with Gasteiger partial charge in [0.1, 0.15) is 4.61 Å². The molecule has 1 aromatic rings. The molecule has 0 atom stereocenters. The van der Waals surface area contributed by atoms with Crippen molar-refractivity contribution in [2.75, 3.05) is 17.0 Å². The fraction of sp³-hybridized carbons (Fsp3) is 0.500. The molecule has 14 heavy (non-hydrogen) atoms. The van der Waals surface area contributed by atoms with E-state index < -0.39 is 0 Å². The van der Waals surface area contributed by atoms with Crippen LogP contribution in [0, 0.1) is 0 Å². The highest BCUT2D eigenvalue weighted by molar-refractivity contribution is 14.1. The molecule has 0 unspecified atom stereocenters. The first-order valence-electron chi connectivity index (χ1n) is 4.55. The maximum atomic E-state index is 5.38. The number of rotatable bonds is 4. The van der Waals surface area contributed by atoms with E-state index in [1.165, 1.54) is 5.56 Å². The summed E-state index contributed by atoms with van der Waals surface area (Å²) in [6, 6.07) is 2.08. The average molecular weight is 306 g/mol. The predicted octanol–water partition coefficient (Wildman–Crippen LogP) is 3.02. The molecule has 1 aromatic heterocycles. The van der Waals surface area contributed by atoms with Crippen LogP contribution in [0.25, 0.3) is 0 Å². The molecule has 0 spiro atoms. The Morgan fingerprint density at radius 2 is 2.29 bits per heavy atom. The van der Waals surface area contributed by atoms with Crippen LogP contribution in [0.5, 0.6) is 5.88 Å². The minimum Gasteiger partial charge on any atom is -0.466 e. The van der Waals surface area contributed by atoms with Crippen molar-refractivity contribution in [1.82, 2.24) is 4.98 Å². The molecule has 0 aliphatic carbocycles. The molecule has 3 nitrogen and oxygen atoms in total. The summed E-state index contributed by atoms with van der Waals surface area (Å²) in [5.41, 5.74) is 2.17. The summed E-state index contributed by atoms with van der Waals surface area (Å²) in [7, 11) is 1.88. The van der Waals surface area contributed by atoms with Crippen molar-refractivity contribution in [3.05, 3.63) is 17.8 Å². The van der Waals surface area contributed by atoms with Gasteiger partial charge in [0.25, 0.3) is 0 Å². The van der Waals surface area contributed by atoms with Gasteiger partial charge < -0.3 is 10.1 Å². The second kappa shape index (κ2) is 5.38. The number of ether oxygens (including phenoxy) is 1. The largest absolute Gasteiger partial charge is 0.466 e. The van der Waals surface area contributed by atoms with Crippen LogP contribution in [0.2, 0.25) is 0 Å². The zero-order chi connectivity index (χ0) is 10.6. The van der Waals surface area contributed by atoms with E-state index in [0.29, 0.717) is 16.4 Å². The minimum atomic E-state index is 0.489. The lowest BCUT2D eigenvalue weighted by molar-refractivity contribution is 0.389. The normalized spacial score (nSPS) is 10.4. The van der Waals surface area contributed by atoms with Crippen molar-refractivity contribution in [3.8, 4) is 5.88 Å². The number of nitrogens with zero attached hydrogens (tertiary/aromatic N) is 1. The molecule has 0 aliphatic rings. The van der Waals surface area contributed by atoms with Gasteiger partial charge in [-0.3, -0.25) is 0 Å². The third-order valence-corrected chi connectivity index (χ3v) is 2.31. The number of alkyl halides is 1. The monoisotopic (exact) mass is 306 g/mol. The second-order valence-electron chi connectivity index (χ2n) is 3.28. The van der Waals surface area contributed by atoms with Crippen LogP contribution in [0.4, 0.5) is 5.69 Å². The van der Waals surface area contributed by atoms with Gasteiger partial charge in [-0.25, -0.2) is 4.98 Å². The van der Waals surface area contributed by atoms with E-state index in [9.17, 15) is 0 Å². The summed E-state index contributed by atoms with van der Waals surface area (Å²) in [6.45, 7) is 4.30. The van der Waals surface area contributed by atoms with E-state index in [4.69, 9.17) is 4.74 Å². The Morgan fingerprint density at radius 3 is 2.79 bits per heavy atom. The van der Waals surface area contributed by atoms with Crippen molar-refractivity contribution < 1.29 is 4.74 Å². The highest BCUT2D eigenvalue weighted by Gasteiger charge is 2.07. The number of hydrogen-bond acceptors (Lipinski definition) is 3. The highest BCUT2D eigenvalue weighted by atomic mass is 127. The van der Waals surface area contributed by atoms with Crippen LogP contribution >= 0.6 is 22.6 Å². The molecule has 0 aromatic carbocycles. The molecule has 0 radical (unpaired) electrons. The van der Waals surface area contributed by atoms with Gasteiger partial charge in [0.2, 0.25) is 5.88 Å². The van der Waals surface area contributed by atoms with E-state index in [1.54, 1.807) is 0 Å². The average Bonchev–Trinajstić information content (AvgIpc) is 2.18. The summed E-state index contributed by atoms with van der Waals surface area (Å²) in [6.07, 6.45) is 1.87. The van der Waals surface area contributed by atoms with Crippen molar-refractivity contribution in [2.24, 2.45) is 0 Å². The molecule has 78 valence electrons. The van der Waals surface area contributed by atoms with E-state index >= 15 is 0 Å². The topological polar surface area (TPSA) is 34.2 Å². The van der Waals surface area contributed by atoms with Gasteiger partial charge in [-0.1, -0.05) is 13.8 Å². The third-order valence-electron chi connectivity index (χ3n) is 2.00. The number of anilines is 1. The van der Waals surface area contributed by atoms with E-state index in [1.807, 2.05) is 13.2 Å². The fourth-order valence-electron chi connectivity index (χ4n) is 1.13. The molecule has 0 amide bonds. The Labute approximate surface area is 98.4 Å². The van der Waals surface area contributed by atoms with Gasteiger partial charge in [-0.15, -0.1) is 0 Å². The zero-order valence-corrected chi connectivity index (χ0v) is 10.8. The first-order chi connectivity index (χ1) is 6.69. The predicted molar refractivity (Wildman–Crippen MR) is 67.4 cm³/mol. The number of nitrogens with one attached hydrogen (secondary N) is 1. The Morgan fingerprint density at radius 1 is 1.57 bits per heavy atom. The van der Waals surface area contributed by atoms with Crippen molar-refractivity contribution in [1.29, 1.82) is 0 Å². The van der Waals surface area contributed by atoms with Gasteiger partial charge in [-0.05, 0) is 40.1 Å². The van der Waals surface area contributed by atoms with Gasteiger partial charge in [0, 0.05) is 13.2 Å². The molecule has 1 heterocycles. The standard InChI is InChI=1S/C10H15IN2O/c1-7(2)8-4-9(12-3)10(13-5-8)14-6-11/h4-5,7,12H,6H2,1-3H3. The smallest absolute Gasteiger partial charge is 0.238 e.